The number of phenolic OH excluding ortho intramolecular Hbond substituents is 1. The monoisotopic (exact) mass is 1870 g/mol. The van der Waals surface area contributed by atoms with Crippen molar-refractivity contribution in [2.24, 2.45) is 34.8 Å². The van der Waals surface area contributed by atoms with Crippen LogP contribution in [-0.2, 0) is 112 Å². The summed E-state index contributed by atoms with van der Waals surface area (Å²) >= 11 is 0.750. The van der Waals surface area contributed by atoms with Gasteiger partial charge < -0.3 is 126 Å². The molecule has 0 bridgehead atoms. The van der Waals surface area contributed by atoms with E-state index in [2.05, 4.69) is 67.8 Å². The summed E-state index contributed by atoms with van der Waals surface area (Å²) in [6, 6.07) is -0.807. The Bertz CT molecular complexity index is 5180. The van der Waals surface area contributed by atoms with Gasteiger partial charge in [-0.15, -0.1) is 11.8 Å². The number of nitrogens with two attached hydrogens (primary N) is 4. The van der Waals surface area contributed by atoms with Gasteiger partial charge >= 0.3 is 5.97 Å². The molecule has 0 spiro atoms. The molecule has 3 aromatic carbocycles. The molecule has 0 radical (unpaired) electrons. The number of imidazole rings is 1. The normalized spacial score (nSPS) is 25.0. The third-order valence-corrected chi connectivity index (χ3v) is 25.0. The third-order valence-electron chi connectivity index (χ3n) is 23.9. The van der Waals surface area contributed by atoms with Gasteiger partial charge in [-0.1, -0.05) is 82.1 Å². The molecule has 0 saturated carbocycles. The van der Waals surface area contributed by atoms with Crippen LogP contribution in [0.25, 0.3) is 21.8 Å². The molecular formula is C89H122N22O21S. The van der Waals surface area contributed by atoms with Crippen LogP contribution in [0.2, 0.25) is 0 Å². The average Bonchev–Trinajstić information content (AvgIpc) is 1.82. The Morgan fingerprint density at radius 2 is 1.17 bits per heavy atom. The summed E-state index contributed by atoms with van der Waals surface area (Å²) in [5.41, 5.74) is 26.5. The van der Waals surface area contributed by atoms with Crippen molar-refractivity contribution in [2.75, 3.05) is 65.4 Å². The fraction of sp³-hybridized carbons (Fsp3) is 0.517. The number of Topliss-reactive ketones (excluding diaryl/α,β-unsaturated/α-hetero) is 1. The zero-order chi connectivity index (χ0) is 97.2. The number of hydrogen-bond acceptors (Lipinski definition) is 24. The number of aliphatic hydroxyl groups excluding tert-OH is 1. The van der Waals surface area contributed by atoms with E-state index in [1.54, 1.807) is 74.8 Å². The molecule has 0 unspecified atom stereocenters. The molecule has 0 aliphatic carbocycles. The number of aromatic amines is 3. The lowest BCUT2D eigenvalue weighted by molar-refractivity contribution is -0.149. The van der Waals surface area contributed by atoms with Gasteiger partial charge in [0.2, 0.25) is 94.5 Å². The lowest BCUT2D eigenvalue weighted by Crippen LogP contribution is -2.61. The van der Waals surface area contributed by atoms with Crippen molar-refractivity contribution in [1.82, 2.24) is 92.3 Å². The summed E-state index contributed by atoms with van der Waals surface area (Å²) in [6.07, 6.45) is 0.632. The second kappa shape index (κ2) is 48.7. The van der Waals surface area contributed by atoms with Crippen molar-refractivity contribution in [3.8, 4) is 5.75 Å². The highest BCUT2D eigenvalue weighted by molar-refractivity contribution is 8.00. The fourth-order valence-corrected chi connectivity index (χ4v) is 17.4. The molecule has 9 rings (SSSR count). The van der Waals surface area contributed by atoms with E-state index in [-0.39, 0.29) is 81.8 Å². The predicted octanol–water partition coefficient (Wildman–Crippen LogP) is -3.11. The quantitative estimate of drug-likeness (QED) is 0.0285. The first-order valence-corrected chi connectivity index (χ1v) is 45.4. The summed E-state index contributed by atoms with van der Waals surface area (Å²) in [5, 5.41) is 56.5. The number of phenols is 1. The van der Waals surface area contributed by atoms with Crippen LogP contribution in [0, 0.1) is 11.8 Å². The number of carboxylic acid groups (broad SMARTS) is 1. The number of carbonyl (C=O) groups is 18. The average molecular weight is 1870 g/mol. The van der Waals surface area contributed by atoms with Gasteiger partial charge in [0.25, 0.3) is 0 Å². The van der Waals surface area contributed by atoms with E-state index >= 15 is 33.6 Å². The van der Waals surface area contributed by atoms with Crippen LogP contribution in [0.3, 0.4) is 0 Å². The van der Waals surface area contributed by atoms with Crippen molar-refractivity contribution in [3.63, 3.8) is 0 Å². The molecule has 133 heavy (non-hydrogen) atoms. The lowest BCUT2D eigenvalue weighted by Gasteiger charge is -2.37. The third kappa shape index (κ3) is 28.3. The number of benzene rings is 3. The number of nitrogens with zero attached hydrogens (tertiary/aromatic N) is 6. The summed E-state index contributed by atoms with van der Waals surface area (Å²) < 4.78 is 0. The molecule has 6 aromatic rings. The number of amides is 16. The van der Waals surface area contributed by atoms with Gasteiger partial charge in [-0.2, -0.15) is 0 Å². The first-order valence-electron chi connectivity index (χ1n) is 44.2. The van der Waals surface area contributed by atoms with Crippen LogP contribution >= 0.6 is 11.8 Å². The maximum Gasteiger partial charge on any atom is 0.303 e. The van der Waals surface area contributed by atoms with E-state index in [1.807, 2.05) is 6.92 Å². The molecule has 3 aliphatic heterocycles. The number of aromatic hydroxyl groups is 1. The second-order valence-electron chi connectivity index (χ2n) is 34.2. The minimum absolute atomic E-state index is 0.00449. The van der Waals surface area contributed by atoms with Crippen molar-refractivity contribution in [1.29, 1.82) is 0 Å². The highest BCUT2D eigenvalue weighted by Crippen LogP contribution is 2.30. The Balaban J connectivity index is 1.10. The molecule has 720 valence electrons. The van der Waals surface area contributed by atoms with Crippen LogP contribution in [-0.4, -0.2) is 316 Å². The molecule has 44 heteroatoms. The molecule has 3 fully saturated rings. The Morgan fingerprint density at radius 1 is 0.586 bits per heavy atom. The summed E-state index contributed by atoms with van der Waals surface area (Å²) in [4.78, 5) is 280. The van der Waals surface area contributed by atoms with E-state index in [4.69, 9.17) is 22.9 Å². The molecule has 23 N–H and O–H groups in total. The molecule has 3 aliphatic rings. The number of carboxylic acids is 1. The summed E-state index contributed by atoms with van der Waals surface area (Å²) in [6.45, 7) is 4.35. The number of aliphatic hydroxyl groups is 1. The van der Waals surface area contributed by atoms with Gasteiger partial charge in [0.15, 0.2) is 5.78 Å². The number of para-hydroxylation sites is 2. The Kier molecular flexibility index (Phi) is 37.8. The van der Waals surface area contributed by atoms with Crippen LogP contribution in [0.1, 0.15) is 127 Å². The molecule has 43 nitrogen and oxygen atoms in total. The minimum Gasteiger partial charge on any atom is -0.508 e. The number of primary amides is 2. The van der Waals surface area contributed by atoms with Crippen molar-refractivity contribution >= 4 is 140 Å². The molecule has 3 aromatic heterocycles. The maximum absolute atomic E-state index is 15.8. The number of likely N-dealkylation sites (N-methyl/N-ethyl adjacent to an activating group) is 3. The number of aliphatic carboxylic acids is 1. The minimum atomic E-state index is -1.82. The second-order valence-corrected chi connectivity index (χ2v) is 35.2. The smallest absolute Gasteiger partial charge is 0.303 e. The number of ketones is 1. The standard InChI is InChI=1S/C89H122N22O21S/c1-8-9-19-69-89(132)109(7)71(30-47(2)3)84(127)105-66(38-91)82(125)106-67(79(122)97-42-74(93)116)44-133-45-75(117)99-63(31-49-21-23-54(112)24-22-49)85(128)107(5)48(4)77(120)103-65(37-73(92)115)88(131)110-29-14-20-68(110)83(126)102-62(35-53-41-94-46-98-53)81(124)101-61(25-26-76(118)119)87(130)111-43-55(113)36-70(111)72(114)34-50(32-51-39-95-58-17-12-10-15-56(51)58)78(121)100-60(27-28-90)80(123)104-64(86(129)108(69)6)33-52-40-96-59-18-13-11-16-57(52)59/h10-13,15-18,21-24,39-41,46-48,50,55,60-71,95-96,112-113H,8-9,14,19-20,25-38,42-45,90-91H2,1-7H3,(H2,92,115)(H2,93,116)(H,94,98)(H,97,122)(H,99,117)(H,100,121)(H,101,124)(H,102,126)(H,103,120)(H,104,123)(H,105,127)(H,106,125)(H,118,119)/t48-,50+,55+,60-,61-,62-,63-,64-,65-,66-,67-,68-,69-,70-,71-/m0/s1. The van der Waals surface area contributed by atoms with E-state index < -0.39 is 266 Å². The van der Waals surface area contributed by atoms with E-state index in [0.29, 0.717) is 51.3 Å². The number of rotatable bonds is 24. The van der Waals surface area contributed by atoms with E-state index in [1.165, 1.54) is 64.9 Å². The topological polar surface area (TPSA) is 657 Å². The number of fused-ring (bicyclic) bond motifs is 4. The number of hydrogen-bond donors (Lipinski definition) is 19. The van der Waals surface area contributed by atoms with Crippen LogP contribution in [0.5, 0.6) is 5.75 Å². The van der Waals surface area contributed by atoms with Crippen LogP contribution in [0.4, 0.5) is 0 Å². The van der Waals surface area contributed by atoms with E-state index in [9.17, 15) is 68.1 Å². The first kappa shape index (κ1) is 103. The highest BCUT2D eigenvalue weighted by atomic mass is 32.2. The number of H-pyrrole nitrogens is 3. The molecule has 6 heterocycles. The zero-order valence-corrected chi connectivity index (χ0v) is 76.1. The number of aromatic nitrogens is 4. The van der Waals surface area contributed by atoms with Crippen molar-refractivity contribution in [2.45, 2.75) is 215 Å². The van der Waals surface area contributed by atoms with Gasteiger partial charge in [0, 0.05) is 131 Å². The van der Waals surface area contributed by atoms with Crippen molar-refractivity contribution < 1.29 is 102 Å². The number of nitrogens with one attached hydrogen (secondary N) is 12. The summed E-state index contributed by atoms with van der Waals surface area (Å²) in [7, 11) is 3.89. The SMILES string of the molecule is CCCC[C@H]1C(=O)N(C)[C@@H](CC(C)C)C(=O)N[C@@H](CN)C(=O)N[C@H](C(=O)NCC(N)=O)CSCC(=O)N[C@@H](Cc2ccc(O)cc2)C(=O)N(C)[C@@H](C)C(=O)N[C@@H](CC(N)=O)C(=O)N2CCC[C@H]2C(=O)N[C@@H](Cc2c[nH]cn2)C(=O)N[C@@H](CCC(=O)O)C(=O)N2C[C@H](O)C[C@H]2C(=O)C[C@@H](Cc2c[nH]c3ccccc23)C(=O)N[C@@H](CCN)C(=O)N[C@@H](Cc2c[nH]c3ccccc23)C(=O)N1C. The van der Waals surface area contributed by atoms with Crippen molar-refractivity contribution in [3.05, 3.63) is 120 Å². The van der Waals surface area contributed by atoms with Crippen LogP contribution in [0.15, 0.2) is 97.7 Å². The van der Waals surface area contributed by atoms with Gasteiger partial charge in [-0.05, 0) is 105 Å². The van der Waals surface area contributed by atoms with Gasteiger partial charge in [-0.25, -0.2) is 4.98 Å². The molecule has 16 amide bonds. The largest absolute Gasteiger partial charge is 0.508 e. The number of carbonyl (C=O) groups excluding carboxylic acids is 17. The predicted molar refractivity (Wildman–Crippen MR) is 485 cm³/mol. The number of unbranched alkanes of at least 4 members (excludes halogenated alkanes) is 1. The van der Waals surface area contributed by atoms with Gasteiger partial charge in [0.1, 0.15) is 78.3 Å². The van der Waals surface area contributed by atoms with Crippen LogP contribution < -0.4 is 70.8 Å². The molecule has 3 saturated heterocycles. The zero-order valence-electron chi connectivity index (χ0n) is 75.3. The number of thioether (sulfide) groups is 1. The molecule has 15 atom stereocenters. The first-order chi connectivity index (χ1) is 63.3. The van der Waals surface area contributed by atoms with Gasteiger partial charge in [0.05, 0.1) is 42.9 Å². The Labute approximate surface area is 771 Å². The maximum atomic E-state index is 15.8. The molecular weight excluding hydrogens is 1750 g/mol. The highest BCUT2D eigenvalue weighted by Gasteiger charge is 2.47. The Hall–Kier alpha value is -13.4. The Morgan fingerprint density at radius 3 is 1.79 bits per heavy atom. The summed E-state index contributed by atoms with van der Waals surface area (Å²) in [5.74, 6) is -20.5. The van der Waals surface area contributed by atoms with Gasteiger partial charge in [-0.3, -0.25) is 86.3 Å². The lowest BCUT2D eigenvalue weighted by atomic mass is 9.90. The van der Waals surface area contributed by atoms with E-state index in [0.717, 1.165) is 36.3 Å². The fourth-order valence-electron chi connectivity index (χ4n) is 16.6.